The highest BCUT2D eigenvalue weighted by molar-refractivity contribution is 6.15. The molecule has 0 spiro atoms. The van der Waals surface area contributed by atoms with Gasteiger partial charge in [0.05, 0.1) is 50.0 Å². The second-order valence-electron chi connectivity index (χ2n) is 21.6. The van der Waals surface area contributed by atoms with E-state index in [0.717, 1.165) is 100 Å². The third-order valence-electron chi connectivity index (χ3n) is 14.9. The number of hydrogen-bond acceptors (Lipinski definition) is 3. The molecule has 0 aliphatic rings. The van der Waals surface area contributed by atoms with E-state index in [9.17, 15) is 5.11 Å². The second-order valence-corrected chi connectivity index (χ2v) is 21.6. The third kappa shape index (κ3) is 7.23. The second kappa shape index (κ2) is 17.1. The Labute approximate surface area is 431 Å². The first kappa shape index (κ1) is 44.9. The molecule has 358 valence electrons. The summed E-state index contributed by atoms with van der Waals surface area (Å²) in [5.41, 5.74) is 17.8. The van der Waals surface area contributed by atoms with Crippen LogP contribution in [0.4, 0.5) is 0 Å². The molecule has 4 heterocycles. The molecule has 0 saturated carbocycles. The highest BCUT2D eigenvalue weighted by Crippen LogP contribution is 2.47. The molecule has 0 atom stereocenters. The number of aromatic hydroxyl groups is 1. The van der Waals surface area contributed by atoms with Crippen LogP contribution in [0, 0.1) is 0 Å². The number of phenols is 1. The van der Waals surface area contributed by atoms with Crippen molar-refractivity contribution < 1.29 is 5.11 Å². The Bertz CT molecular complexity index is 4330. The van der Waals surface area contributed by atoms with Crippen molar-refractivity contribution >= 4 is 54.6 Å². The largest absolute Gasteiger partial charge is 0.507 e. The van der Waals surface area contributed by atoms with Crippen molar-refractivity contribution in [2.75, 3.05) is 0 Å². The maximum absolute atomic E-state index is 12.7. The number of fused-ring (bicyclic) bond motifs is 7. The average Bonchev–Trinajstić information content (AvgIpc) is 4.10. The van der Waals surface area contributed by atoms with Gasteiger partial charge in [-0.3, -0.25) is 9.55 Å². The number of benzene rings is 9. The predicted molar refractivity (Wildman–Crippen MR) is 308 cm³/mol. The van der Waals surface area contributed by atoms with Crippen LogP contribution in [-0.4, -0.2) is 28.8 Å². The molecule has 6 nitrogen and oxygen atoms in total. The maximum Gasteiger partial charge on any atom is 0.149 e. The Balaban J connectivity index is 1.03. The van der Waals surface area contributed by atoms with Crippen LogP contribution in [0.1, 0.15) is 52.7 Å². The Morgan fingerprint density at radius 3 is 1.74 bits per heavy atom. The Morgan fingerprint density at radius 2 is 1.00 bits per heavy atom. The molecule has 74 heavy (non-hydrogen) atoms. The summed E-state index contributed by atoms with van der Waals surface area (Å²) >= 11 is 0. The molecule has 0 fully saturated rings. The fraction of sp³-hybridized carbons (Fsp3) is 0.118. The lowest BCUT2D eigenvalue weighted by molar-refractivity contribution is 0.446. The Hall–Kier alpha value is -9.00. The van der Waals surface area contributed by atoms with Crippen LogP contribution < -0.4 is 0 Å². The number of aromatic nitrogens is 5. The molecule has 0 aliphatic carbocycles. The summed E-state index contributed by atoms with van der Waals surface area (Å²) < 4.78 is 7.03. The van der Waals surface area contributed by atoms with Crippen molar-refractivity contribution in [2.45, 2.75) is 52.4 Å². The minimum absolute atomic E-state index is 0.202. The topological polar surface area (TPSA) is 60.8 Å². The molecule has 0 amide bonds. The zero-order valence-electron chi connectivity index (χ0n) is 42.5. The van der Waals surface area contributed by atoms with E-state index in [1.54, 1.807) is 0 Å². The summed E-state index contributed by atoms with van der Waals surface area (Å²) in [6, 6.07) is 75.6. The third-order valence-corrected chi connectivity index (χ3v) is 14.9. The van der Waals surface area contributed by atoms with Crippen LogP contribution in [-0.2, 0) is 10.8 Å². The molecule has 4 aromatic heterocycles. The standard InChI is InChI=1S/C68H55N5O/c1-67(2,3)46-41-54(65(74)55(42-46)68(4,5)6)66-70-63-49(29-19-36-61(63)73(66)60-35-20-34-59-62(60)53-28-14-16-33-58(53)71(59)47-23-9-7-10-24-47)43-21-17-22-45(39-43)56-40-44(37-38-69-56)50-30-18-31-52-51-27-13-15-32-57(51)72(64(50)52)48-25-11-8-12-26-48/h7-42,74H,1-6H3. The molecule has 0 unspecified atom stereocenters. The minimum Gasteiger partial charge on any atom is -0.507 e. The fourth-order valence-corrected chi connectivity index (χ4v) is 11.3. The molecule has 6 heteroatoms. The lowest BCUT2D eigenvalue weighted by atomic mass is 9.79. The summed E-state index contributed by atoms with van der Waals surface area (Å²) in [6.07, 6.45) is 1.93. The number of rotatable bonds is 7. The van der Waals surface area contributed by atoms with Crippen molar-refractivity contribution in [1.29, 1.82) is 0 Å². The van der Waals surface area contributed by atoms with E-state index in [0.29, 0.717) is 11.4 Å². The molecular weight excluding hydrogens is 903 g/mol. The molecular formula is C68H55N5O. The number of nitrogens with zero attached hydrogens (tertiary/aromatic N) is 5. The summed E-state index contributed by atoms with van der Waals surface area (Å²) in [5.74, 6) is 0.925. The van der Waals surface area contributed by atoms with Crippen LogP contribution in [0.25, 0.3) is 117 Å². The zero-order chi connectivity index (χ0) is 50.5. The predicted octanol–water partition coefficient (Wildman–Crippen LogP) is 17.6. The van der Waals surface area contributed by atoms with Gasteiger partial charge >= 0.3 is 0 Å². The van der Waals surface area contributed by atoms with E-state index in [-0.39, 0.29) is 16.6 Å². The van der Waals surface area contributed by atoms with Gasteiger partial charge in [0.2, 0.25) is 0 Å². The first-order chi connectivity index (χ1) is 35.9. The first-order valence-electron chi connectivity index (χ1n) is 25.5. The smallest absolute Gasteiger partial charge is 0.149 e. The van der Waals surface area contributed by atoms with Gasteiger partial charge in [-0.05, 0) is 106 Å². The van der Waals surface area contributed by atoms with Gasteiger partial charge in [0, 0.05) is 61.4 Å². The van der Waals surface area contributed by atoms with Crippen molar-refractivity contribution in [1.82, 2.24) is 23.7 Å². The molecule has 0 bridgehead atoms. The van der Waals surface area contributed by atoms with E-state index < -0.39 is 0 Å². The van der Waals surface area contributed by atoms with Crippen LogP contribution in [0.15, 0.2) is 219 Å². The number of imidazole rings is 1. The van der Waals surface area contributed by atoms with Gasteiger partial charge in [0.1, 0.15) is 11.6 Å². The monoisotopic (exact) mass is 957 g/mol. The summed E-state index contributed by atoms with van der Waals surface area (Å²) in [4.78, 5) is 10.7. The van der Waals surface area contributed by atoms with E-state index in [1.165, 1.54) is 16.3 Å². The fourth-order valence-electron chi connectivity index (χ4n) is 11.3. The minimum atomic E-state index is -0.343. The SMILES string of the molecule is CC(C)(C)c1cc(-c2nc3c(-c4cccc(-c5cc(-c6cccc7c8ccccc8n(-c8ccccc8)c67)ccn5)c4)cccc3n2-c2cccc3c2c2ccccc2n3-c2ccccc2)c(O)c(C(C)(C)C)c1. The molecule has 13 aromatic rings. The normalized spacial score (nSPS) is 12.2. The number of hydrogen-bond donors (Lipinski definition) is 1. The maximum atomic E-state index is 12.7. The van der Waals surface area contributed by atoms with E-state index in [4.69, 9.17) is 9.97 Å². The van der Waals surface area contributed by atoms with Crippen molar-refractivity contribution in [3.63, 3.8) is 0 Å². The lowest BCUT2D eigenvalue weighted by Gasteiger charge is -2.27. The van der Waals surface area contributed by atoms with Crippen molar-refractivity contribution in [3.8, 4) is 67.7 Å². The quantitative estimate of drug-likeness (QED) is 0.173. The summed E-state index contributed by atoms with van der Waals surface area (Å²) in [5, 5.41) is 17.3. The van der Waals surface area contributed by atoms with Crippen LogP contribution in [0.2, 0.25) is 0 Å². The van der Waals surface area contributed by atoms with Gasteiger partial charge < -0.3 is 14.2 Å². The summed E-state index contributed by atoms with van der Waals surface area (Å²) in [7, 11) is 0. The molecule has 0 radical (unpaired) electrons. The highest BCUT2D eigenvalue weighted by Gasteiger charge is 2.30. The van der Waals surface area contributed by atoms with Crippen molar-refractivity contribution in [2.24, 2.45) is 0 Å². The average molecular weight is 958 g/mol. The van der Waals surface area contributed by atoms with Gasteiger partial charge in [-0.15, -0.1) is 0 Å². The van der Waals surface area contributed by atoms with Crippen LogP contribution in [0.5, 0.6) is 5.75 Å². The van der Waals surface area contributed by atoms with E-state index in [2.05, 4.69) is 268 Å². The van der Waals surface area contributed by atoms with Crippen molar-refractivity contribution in [3.05, 3.63) is 230 Å². The molecule has 13 rings (SSSR count). The summed E-state index contributed by atoms with van der Waals surface area (Å²) in [6.45, 7) is 13.2. The van der Waals surface area contributed by atoms with E-state index >= 15 is 0 Å². The van der Waals surface area contributed by atoms with Gasteiger partial charge in [0.15, 0.2) is 0 Å². The van der Waals surface area contributed by atoms with Crippen LogP contribution in [0.3, 0.4) is 0 Å². The molecule has 1 N–H and O–H groups in total. The number of pyridine rings is 1. The van der Waals surface area contributed by atoms with E-state index in [1.807, 2.05) is 6.20 Å². The number of para-hydroxylation sites is 6. The Kier molecular flexibility index (Phi) is 10.4. The van der Waals surface area contributed by atoms with Gasteiger partial charge in [-0.1, -0.05) is 175 Å². The molecule has 0 aliphatic heterocycles. The molecule has 0 saturated heterocycles. The van der Waals surface area contributed by atoms with Crippen LogP contribution >= 0.6 is 0 Å². The first-order valence-corrected chi connectivity index (χ1v) is 25.5. The van der Waals surface area contributed by atoms with Gasteiger partial charge in [0.25, 0.3) is 0 Å². The molecule has 9 aromatic carbocycles. The van der Waals surface area contributed by atoms with Gasteiger partial charge in [-0.2, -0.15) is 0 Å². The highest BCUT2D eigenvalue weighted by atomic mass is 16.3. The number of phenolic OH excluding ortho intramolecular Hbond substituents is 1. The zero-order valence-corrected chi connectivity index (χ0v) is 42.5. The van der Waals surface area contributed by atoms with Gasteiger partial charge in [-0.25, -0.2) is 4.98 Å². The lowest BCUT2D eigenvalue weighted by Crippen LogP contribution is -2.17. The Morgan fingerprint density at radius 1 is 0.419 bits per heavy atom.